The maximum absolute atomic E-state index is 12.7. The van der Waals surface area contributed by atoms with Crippen molar-refractivity contribution in [2.45, 2.75) is 45.3 Å². The van der Waals surface area contributed by atoms with Gasteiger partial charge in [-0.15, -0.1) is 0 Å². The average Bonchev–Trinajstić information content (AvgIpc) is 3.26. The molecule has 2 aromatic rings. The van der Waals surface area contributed by atoms with Crippen LogP contribution in [0.1, 0.15) is 60.5 Å². The zero-order valence-electron chi connectivity index (χ0n) is 16.1. The highest BCUT2D eigenvalue weighted by atomic mass is 16.6. The van der Waals surface area contributed by atoms with Crippen molar-refractivity contribution in [2.24, 2.45) is 0 Å². The molecule has 0 spiro atoms. The number of ether oxygens (including phenoxy) is 1. The first kappa shape index (κ1) is 19.3. The van der Waals surface area contributed by atoms with Gasteiger partial charge in [-0.1, -0.05) is 55.5 Å². The first-order valence-corrected chi connectivity index (χ1v) is 9.74. The maximum atomic E-state index is 12.7. The van der Waals surface area contributed by atoms with Gasteiger partial charge < -0.3 is 4.74 Å². The molecule has 0 radical (unpaired) electrons. The number of carbonyl (C=O) groups is 2. The lowest BCUT2D eigenvalue weighted by atomic mass is 9.96. The summed E-state index contributed by atoms with van der Waals surface area (Å²) < 4.78 is 5.79. The van der Waals surface area contributed by atoms with E-state index in [1.807, 2.05) is 44.2 Å². The van der Waals surface area contributed by atoms with Gasteiger partial charge in [-0.05, 0) is 37.8 Å². The Morgan fingerprint density at radius 1 is 1.00 bits per heavy atom. The number of nitrogens with zero attached hydrogens (tertiary/aromatic N) is 1. The topological polar surface area (TPSA) is 46.6 Å². The molecule has 2 atom stereocenters. The number of hydrogen-bond donors (Lipinski definition) is 0. The van der Waals surface area contributed by atoms with Crippen LogP contribution in [0.5, 0.6) is 0 Å². The van der Waals surface area contributed by atoms with E-state index in [-0.39, 0.29) is 18.0 Å². The molecule has 1 aliphatic rings. The molecular weight excluding hydrogens is 338 g/mol. The molecule has 3 rings (SSSR count). The van der Waals surface area contributed by atoms with E-state index in [9.17, 15) is 9.59 Å². The molecule has 0 aliphatic carbocycles. The minimum absolute atomic E-state index is 0.0403. The predicted octanol–water partition coefficient (Wildman–Crippen LogP) is 4.40. The summed E-state index contributed by atoms with van der Waals surface area (Å²) in [5.74, 6) is -0.690. The number of ketones is 1. The normalized spacial score (nSPS) is 16.7. The van der Waals surface area contributed by atoms with Crippen molar-refractivity contribution in [3.8, 4) is 0 Å². The molecule has 2 unspecified atom stereocenters. The summed E-state index contributed by atoms with van der Waals surface area (Å²) in [6.45, 7) is 5.85. The Balaban J connectivity index is 1.71. The summed E-state index contributed by atoms with van der Waals surface area (Å²) in [4.78, 5) is 27.6. The van der Waals surface area contributed by atoms with Crippen molar-refractivity contribution in [3.05, 3.63) is 71.3 Å². The van der Waals surface area contributed by atoms with Gasteiger partial charge in [0, 0.05) is 24.2 Å². The molecule has 142 valence electrons. The largest absolute Gasteiger partial charge is 0.446 e. The van der Waals surface area contributed by atoms with Gasteiger partial charge in [0.25, 0.3) is 0 Å². The molecule has 1 aliphatic heterocycles. The predicted molar refractivity (Wildman–Crippen MR) is 106 cm³/mol. The zero-order valence-corrected chi connectivity index (χ0v) is 16.1. The monoisotopic (exact) mass is 365 g/mol. The van der Waals surface area contributed by atoms with Crippen molar-refractivity contribution in [1.29, 1.82) is 0 Å². The minimum atomic E-state index is -0.412. The van der Waals surface area contributed by atoms with Crippen LogP contribution in [0.15, 0.2) is 54.6 Å². The third kappa shape index (κ3) is 4.64. The maximum Gasteiger partial charge on any atom is 0.314 e. The van der Waals surface area contributed by atoms with Gasteiger partial charge in [0.15, 0.2) is 12.0 Å². The molecule has 1 saturated heterocycles. The lowest BCUT2D eigenvalue weighted by molar-refractivity contribution is -0.160. The molecule has 0 aromatic heterocycles. The Morgan fingerprint density at radius 2 is 1.67 bits per heavy atom. The second-order valence-corrected chi connectivity index (χ2v) is 7.09. The van der Waals surface area contributed by atoms with Crippen LogP contribution >= 0.6 is 0 Å². The Kier molecular flexibility index (Phi) is 6.40. The Bertz CT molecular complexity index is 781. The molecular formula is C23H27NO3. The zero-order chi connectivity index (χ0) is 19.2. The summed E-state index contributed by atoms with van der Waals surface area (Å²) >= 11 is 0. The Hall–Kier alpha value is -2.46. The highest BCUT2D eigenvalue weighted by Crippen LogP contribution is 2.23. The van der Waals surface area contributed by atoms with Gasteiger partial charge in [0.2, 0.25) is 0 Å². The lowest BCUT2D eigenvalue weighted by Crippen LogP contribution is -2.37. The van der Waals surface area contributed by atoms with Crippen molar-refractivity contribution >= 4 is 11.8 Å². The van der Waals surface area contributed by atoms with E-state index in [1.54, 1.807) is 24.3 Å². The van der Waals surface area contributed by atoms with Crippen LogP contribution in [-0.2, 0) is 9.53 Å². The fourth-order valence-corrected chi connectivity index (χ4v) is 3.52. The number of likely N-dealkylation sites (tertiary alicyclic amines) is 1. The van der Waals surface area contributed by atoms with Gasteiger partial charge in [-0.25, -0.2) is 0 Å². The summed E-state index contributed by atoms with van der Waals surface area (Å²) in [6, 6.07) is 16.5. The summed E-state index contributed by atoms with van der Waals surface area (Å²) in [5, 5.41) is 0. The van der Waals surface area contributed by atoms with Crippen molar-refractivity contribution in [1.82, 2.24) is 4.90 Å². The number of esters is 1. The second-order valence-electron chi connectivity index (χ2n) is 7.09. The van der Waals surface area contributed by atoms with E-state index in [2.05, 4.69) is 4.90 Å². The smallest absolute Gasteiger partial charge is 0.314 e. The summed E-state index contributed by atoms with van der Waals surface area (Å²) in [5.41, 5.74) is 2.04. The minimum Gasteiger partial charge on any atom is -0.446 e. The van der Waals surface area contributed by atoms with Crippen LogP contribution in [0.3, 0.4) is 0 Å². The van der Waals surface area contributed by atoms with Crippen LogP contribution in [0, 0.1) is 0 Å². The molecule has 0 saturated carbocycles. The van der Waals surface area contributed by atoms with Crippen LogP contribution in [0.4, 0.5) is 0 Å². The number of hydrogen-bond acceptors (Lipinski definition) is 4. The molecule has 2 aromatic carbocycles. The molecule has 0 bridgehead atoms. The molecule has 4 nitrogen and oxygen atoms in total. The number of rotatable bonds is 7. The average molecular weight is 365 g/mol. The fourth-order valence-electron chi connectivity index (χ4n) is 3.52. The van der Waals surface area contributed by atoms with E-state index < -0.39 is 5.92 Å². The van der Waals surface area contributed by atoms with Crippen LogP contribution in [0.2, 0.25) is 0 Å². The highest BCUT2D eigenvalue weighted by Gasteiger charge is 2.26. The first-order valence-electron chi connectivity index (χ1n) is 9.74. The van der Waals surface area contributed by atoms with Gasteiger partial charge in [0.1, 0.15) is 0 Å². The van der Waals surface area contributed by atoms with Crippen molar-refractivity contribution in [3.63, 3.8) is 0 Å². The fraction of sp³-hybridized carbons (Fsp3) is 0.391. The molecule has 1 heterocycles. The van der Waals surface area contributed by atoms with E-state index in [1.165, 1.54) is 0 Å². The highest BCUT2D eigenvalue weighted by molar-refractivity contribution is 6.09. The van der Waals surface area contributed by atoms with Crippen LogP contribution in [0.25, 0.3) is 0 Å². The molecule has 1 fully saturated rings. The molecule has 4 heteroatoms. The van der Waals surface area contributed by atoms with Crippen LogP contribution < -0.4 is 0 Å². The van der Waals surface area contributed by atoms with Gasteiger partial charge >= 0.3 is 5.97 Å². The third-order valence-corrected chi connectivity index (χ3v) is 5.19. The number of benzene rings is 2. The quantitative estimate of drug-likeness (QED) is 0.539. The second kappa shape index (κ2) is 8.96. The first-order chi connectivity index (χ1) is 13.1. The molecule has 27 heavy (non-hydrogen) atoms. The van der Waals surface area contributed by atoms with Crippen LogP contribution in [-0.4, -0.2) is 36.0 Å². The standard InChI is InChI=1S/C23H27NO3/c1-3-21(24-14-7-8-15-24)27-23(26)17(2)19-12-9-13-20(16-19)22(25)18-10-5-4-6-11-18/h4-6,9-13,16-17,21H,3,7-8,14-15H2,1-2H3. The molecule has 0 amide bonds. The lowest BCUT2D eigenvalue weighted by Gasteiger charge is -2.27. The van der Waals surface area contributed by atoms with E-state index in [4.69, 9.17) is 4.74 Å². The van der Waals surface area contributed by atoms with Crippen molar-refractivity contribution in [2.75, 3.05) is 13.1 Å². The van der Waals surface area contributed by atoms with Crippen molar-refractivity contribution < 1.29 is 14.3 Å². The summed E-state index contributed by atoms with van der Waals surface area (Å²) in [7, 11) is 0. The van der Waals surface area contributed by atoms with Gasteiger partial charge in [-0.3, -0.25) is 14.5 Å². The third-order valence-electron chi connectivity index (χ3n) is 5.19. The van der Waals surface area contributed by atoms with Gasteiger partial charge in [-0.2, -0.15) is 0 Å². The Morgan fingerprint density at radius 3 is 2.33 bits per heavy atom. The SMILES string of the molecule is CCC(OC(=O)C(C)c1cccc(C(=O)c2ccccc2)c1)N1CCCC1. The van der Waals surface area contributed by atoms with E-state index in [0.29, 0.717) is 11.1 Å². The Labute approximate surface area is 161 Å². The van der Waals surface area contributed by atoms with Gasteiger partial charge in [0.05, 0.1) is 5.92 Å². The summed E-state index contributed by atoms with van der Waals surface area (Å²) in [6.07, 6.45) is 2.95. The van der Waals surface area contributed by atoms with E-state index in [0.717, 1.165) is 37.9 Å². The molecule has 0 N–H and O–H groups in total. The number of carbonyl (C=O) groups excluding carboxylic acids is 2. The van der Waals surface area contributed by atoms with E-state index >= 15 is 0 Å².